The summed E-state index contributed by atoms with van der Waals surface area (Å²) in [7, 11) is 1.51. The van der Waals surface area contributed by atoms with Gasteiger partial charge >= 0.3 is 0 Å². The first-order valence-corrected chi connectivity index (χ1v) is 12.1. The van der Waals surface area contributed by atoms with Crippen LogP contribution in [0.3, 0.4) is 0 Å². The molecule has 174 valence electrons. The van der Waals surface area contributed by atoms with Crippen molar-refractivity contribution < 1.29 is 23.5 Å². The number of nitrogens with zero attached hydrogens (tertiary/aromatic N) is 2. The van der Waals surface area contributed by atoms with Gasteiger partial charge in [-0.2, -0.15) is 0 Å². The highest BCUT2D eigenvalue weighted by Crippen LogP contribution is 2.37. The summed E-state index contributed by atoms with van der Waals surface area (Å²) < 4.78 is 24.9. The van der Waals surface area contributed by atoms with Crippen LogP contribution in [0.5, 0.6) is 11.5 Å². The highest BCUT2D eigenvalue weighted by Gasteiger charge is 2.32. The molecular weight excluding hydrogens is 560 g/mol. The average molecular weight is 583 g/mol. The zero-order valence-corrected chi connectivity index (χ0v) is 21.3. The van der Waals surface area contributed by atoms with Crippen molar-refractivity contribution in [2.75, 3.05) is 32.1 Å². The van der Waals surface area contributed by atoms with E-state index >= 15 is 0 Å². The molecule has 7 nitrogen and oxygen atoms in total. The number of carbonyl (C=O) groups is 2. The second-order valence-corrected chi connectivity index (χ2v) is 8.97. The van der Waals surface area contributed by atoms with Crippen LogP contribution in [0.4, 0.5) is 10.1 Å². The molecule has 2 amide bonds. The van der Waals surface area contributed by atoms with E-state index in [1.807, 2.05) is 19.9 Å². The fourth-order valence-electron chi connectivity index (χ4n) is 3.02. The van der Waals surface area contributed by atoms with Gasteiger partial charge in [0.05, 0.1) is 15.6 Å². The van der Waals surface area contributed by atoms with Gasteiger partial charge in [-0.25, -0.2) is 4.39 Å². The number of thioether (sulfide) groups is 1. The third-order valence-electron chi connectivity index (χ3n) is 4.52. The zero-order chi connectivity index (χ0) is 24.0. The van der Waals surface area contributed by atoms with Crippen LogP contribution in [-0.4, -0.2) is 48.7 Å². The largest absolute Gasteiger partial charge is 0.493 e. The van der Waals surface area contributed by atoms with Crippen LogP contribution in [0.1, 0.15) is 19.4 Å². The number of methoxy groups -OCH3 is 1. The van der Waals surface area contributed by atoms with Crippen molar-refractivity contribution in [1.29, 1.82) is 0 Å². The van der Waals surface area contributed by atoms with E-state index in [-0.39, 0.29) is 24.2 Å². The van der Waals surface area contributed by atoms with Crippen LogP contribution in [0, 0.1) is 9.39 Å². The van der Waals surface area contributed by atoms with E-state index in [2.05, 4.69) is 32.9 Å². The molecule has 1 fully saturated rings. The van der Waals surface area contributed by atoms with Crippen LogP contribution < -0.4 is 14.8 Å². The third-order valence-corrected chi connectivity index (χ3v) is 6.37. The minimum Gasteiger partial charge on any atom is -0.493 e. The molecule has 0 aliphatic carbocycles. The van der Waals surface area contributed by atoms with Gasteiger partial charge in [0.2, 0.25) is 0 Å². The lowest BCUT2D eigenvalue weighted by atomic mass is 10.2. The summed E-state index contributed by atoms with van der Waals surface area (Å²) >= 11 is 3.44. The van der Waals surface area contributed by atoms with Gasteiger partial charge < -0.3 is 14.8 Å². The van der Waals surface area contributed by atoms with E-state index in [1.54, 1.807) is 17.0 Å². The zero-order valence-electron chi connectivity index (χ0n) is 18.4. The summed E-state index contributed by atoms with van der Waals surface area (Å²) in [5.41, 5.74) is 1.24. The Morgan fingerprint density at radius 3 is 2.64 bits per heavy atom. The van der Waals surface area contributed by atoms with E-state index in [1.165, 1.54) is 43.1 Å². The Labute approximate surface area is 209 Å². The molecule has 0 spiro atoms. The number of carbonyl (C=O) groups excluding carboxylic acids is 2. The van der Waals surface area contributed by atoms with Crippen LogP contribution >= 0.6 is 34.4 Å². The first-order chi connectivity index (χ1) is 15.9. The second-order valence-electron chi connectivity index (χ2n) is 6.79. The Balaban J connectivity index is 1.75. The number of anilines is 1. The molecule has 1 N–H and O–H groups in total. The molecule has 0 atom stereocenters. The third kappa shape index (κ3) is 6.26. The van der Waals surface area contributed by atoms with E-state index in [9.17, 15) is 14.0 Å². The molecule has 1 aliphatic rings. The molecule has 1 heterocycles. The normalized spacial score (nSPS) is 15.9. The molecule has 1 saturated heterocycles. The second kappa shape index (κ2) is 11.5. The Morgan fingerprint density at radius 1 is 1.27 bits per heavy atom. The molecule has 3 rings (SSSR count). The maximum Gasteiger partial charge on any atom is 0.266 e. The maximum absolute atomic E-state index is 13.0. The van der Waals surface area contributed by atoms with Crippen LogP contribution in [0.2, 0.25) is 0 Å². The molecule has 0 unspecified atom stereocenters. The lowest BCUT2D eigenvalue weighted by Crippen LogP contribution is -2.28. The summed E-state index contributed by atoms with van der Waals surface area (Å²) in [6.45, 7) is 4.75. The van der Waals surface area contributed by atoms with Crippen LogP contribution in [0.25, 0.3) is 6.08 Å². The van der Waals surface area contributed by atoms with Gasteiger partial charge in [0.15, 0.2) is 23.3 Å². The molecule has 0 bridgehead atoms. The lowest BCUT2D eigenvalue weighted by Gasteiger charge is -2.14. The predicted molar refractivity (Wildman–Crippen MR) is 137 cm³/mol. The minimum atomic E-state index is -0.388. The number of nitrogens with one attached hydrogen (secondary N) is 1. The molecule has 2 aromatic rings. The summed E-state index contributed by atoms with van der Waals surface area (Å²) in [6.07, 6.45) is 1.80. The molecule has 2 aromatic carbocycles. The number of hydrogen-bond donors (Lipinski definition) is 1. The van der Waals surface area contributed by atoms with Crippen molar-refractivity contribution in [1.82, 2.24) is 4.90 Å². The fraction of sp³-hybridized carbons (Fsp3) is 0.261. The maximum atomic E-state index is 13.0. The van der Waals surface area contributed by atoms with Crippen molar-refractivity contribution in [3.63, 3.8) is 0 Å². The number of amides is 2. The van der Waals surface area contributed by atoms with Crippen molar-refractivity contribution >= 4 is 63.1 Å². The van der Waals surface area contributed by atoms with Crippen molar-refractivity contribution in [2.45, 2.75) is 13.8 Å². The summed E-state index contributed by atoms with van der Waals surface area (Å²) in [6, 6.07) is 9.07. The average Bonchev–Trinajstić information content (AvgIpc) is 3.08. The number of amidine groups is 1. The number of aliphatic imine (C=N–C) groups is 1. The van der Waals surface area contributed by atoms with Gasteiger partial charge in [0.25, 0.3) is 11.8 Å². The van der Waals surface area contributed by atoms with Crippen molar-refractivity contribution in [3.8, 4) is 11.5 Å². The standard InChI is InChI=1S/C23H23FIN3O4S/c1-4-26-23-28(5-2)22(30)19(33-23)12-14-10-17(25)21(18(11-14)31-3)32-13-20(29)27-16-8-6-15(24)7-9-16/h6-12H,4-5,13H2,1-3H3,(H,27,29)/b19-12+,26-23?. The fourth-order valence-corrected chi connectivity index (χ4v) is 4.91. The number of hydrogen-bond acceptors (Lipinski definition) is 6. The molecule has 10 heteroatoms. The summed E-state index contributed by atoms with van der Waals surface area (Å²) in [5.74, 6) is 0.00643. The van der Waals surface area contributed by atoms with Gasteiger partial charge in [-0.05, 0) is 96.2 Å². The van der Waals surface area contributed by atoms with Crippen LogP contribution in [-0.2, 0) is 9.59 Å². The van der Waals surface area contributed by atoms with Gasteiger partial charge in [-0.1, -0.05) is 0 Å². The quantitative estimate of drug-likeness (QED) is 0.358. The van der Waals surface area contributed by atoms with Crippen molar-refractivity contribution in [3.05, 3.63) is 56.3 Å². The minimum absolute atomic E-state index is 0.0820. The molecule has 0 radical (unpaired) electrons. The van der Waals surface area contributed by atoms with Gasteiger partial charge in [0, 0.05) is 18.8 Å². The number of ether oxygens (including phenoxy) is 2. The highest BCUT2D eigenvalue weighted by molar-refractivity contribution is 14.1. The summed E-state index contributed by atoms with van der Waals surface area (Å²) in [4.78, 5) is 31.6. The van der Waals surface area contributed by atoms with Crippen LogP contribution in [0.15, 0.2) is 46.3 Å². The topological polar surface area (TPSA) is 80.2 Å². The number of likely N-dealkylation sites (N-methyl/N-ethyl adjacent to an activating group) is 1. The van der Waals surface area contributed by atoms with Gasteiger partial charge in [0.1, 0.15) is 5.82 Å². The number of rotatable bonds is 8. The Morgan fingerprint density at radius 2 is 2.00 bits per heavy atom. The predicted octanol–water partition coefficient (Wildman–Crippen LogP) is 4.77. The lowest BCUT2D eigenvalue weighted by molar-refractivity contribution is -0.122. The van der Waals surface area contributed by atoms with Gasteiger partial charge in [-0.3, -0.25) is 19.5 Å². The Kier molecular flexibility index (Phi) is 8.73. The Hall–Kier alpha value is -2.60. The molecule has 33 heavy (non-hydrogen) atoms. The van der Waals surface area contributed by atoms with E-state index in [4.69, 9.17) is 9.47 Å². The van der Waals surface area contributed by atoms with E-state index in [0.717, 1.165) is 9.13 Å². The van der Waals surface area contributed by atoms with Gasteiger partial charge in [-0.15, -0.1) is 0 Å². The Bertz CT molecular complexity index is 1110. The monoisotopic (exact) mass is 583 g/mol. The molecule has 0 saturated carbocycles. The molecule has 1 aliphatic heterocycles. The molecular formula is C23H23FIN3O4S. The van der Waals surface area contributed by atoms with E-state index < -0.39 is 0 Å². The smallest absolute Gasteiger partial charge is 0.266 e. The number of halogens is 2. The molecule has 0 aromatic heterocycles. The highest BCUT2D eigenvalue weighted by atomic mass is 127. The first-order valence-electron chi connectivity index (χ1n) is 10.2. The number of benzene rings is 2. The SMILES string of the molecule is CCN=C1S/C(=C/c2cc(I)c(OCC(=O)Nc3ccc(F)cc3)c(OC)c2)C(=O)N1CC. The van der Waals surface area contributed by atoms with Crippen molar-refractivity contribution in [2.24, 2.45) is 4.99 Å². The summed E-state index contributed by atoms with van der Waals surface area (Å²) in [5, 5.41) is 3.34. The van der Waals surface area contributed by atoms with E-state index in [0.29, 0.717) is 40.3 Å². The first kappa shape index (κ1) is 25.0.